The summed E-state index contributed by atoms with van der Waals surface area (Å²) in [6.45, 7) is 1.98. The Morgan fingerprint density at radius 2 is 2.03 bits per heavy atom. The molecule has 1 N–H and O–H groups in total. The van der Waals surface area contributed by atoms with E-state index in [1.54, 1.807) is 24.3 Å². The first-order chi connectivity index (χ1) is 18.2. The number of ether oxygens (including phenoxy) is 1. The first kappa shape index (κ1) is 28.5. The number of carbonyl (C=O) groups is 1. The second-order valence-corrected chi connectivity index (χ2v) is 11.3. The van der Waals surface area contributed by atoms with Crippen molar-refractivity contribution in [1.82, 2.24) is 9.88 Å². The van der Waals surface area contributed by atoms with E-state index < -0.39 is 29.2 Å². The van der Waals surface area contributed by atoms with Gasteiger partial charge in [-0.15, -0.1) is 11.8 Å². The molecule has 1 aromatic heterocycles. The Kier molecular flexibility index (Phi) is 9.44. The van der Waals surface area contributed by atoms with Crippen LogP contribution in [-0.4, -0.2) is 53.5 Å². The first-order valence-corrected chi connectivity index (χ1v) is 13.8. The summed E-state index contributed by atoms with van der Waals surface area (Å²) in [7, 11) is 1.53. The summed E-state index contributed by atoms with van der Waals surface area (Å²) < 4.78 is 48.3. The molecule has 2 heterocycles. The van der Waals surface area contributed by atoms with Gasteiger partial charge in [-0.05, 0) is 74.5 Å². The summed E-state index contributed by atoms with van der Waals surface area (Å²) in [6, 6.07) is 9.36. The van der Waals surface area contributed by atoms with Crippen molar-refractivity contribution in [2.75, 3.05) is 32.5 Å². The SMILES string of the molecule is COc1ccc2ncc(Cl)c(C(F)CCC3(CC(=O)O)CCN(CCSc4cccc(F)c4F)CC3)c2c1. The summed E-state index contributed by atoms with van der Waals surface area (Å²) in [5, 5.41) is 10.4. The van der Waals surface area contributed by atoms with Crippen molar-refractivity contribution in [2.45, 2.75) is 43.2 Å². The molecule has 0 saturated carbocycles. The van der Waals surface area contributed by atoms with Crippen LogP contribution in [0.3, 0.4) is 0 Å². The molecule has 2 aromatic carbocycles. The van der Waals surface area contributed by atoms with Crippen LogP contribution in [0.2, 0.25) is 5.02 Å². The topological polar surface area (TPSA) is 62.7 Å². The molecular weight excluding hydrogens is 537 g/mol. The van der Waals surface area contributed by atoms with Crippen molar-refractivity contribution in [3.63, 3.8) is 0 Å². The summed E-state index contributed by atoms with van der Waals surface area (Å²) in [5.74, 6) is -1.45. The number of thioether (sulfide) groups is 1. The van der Waals surface area contributed by atoms with Gasteiger partial charge in [-0.2, -0.15) is 0 Å². The van der Waals surface area contributed by atoms with Gasteiger partial charge < -0.3 is 14.7 Å². The van der Waals surface area contributed by atoms with Gasteiger partial charge in [0.15, 0.2) is 11.6 Å². The van der Waals surface area contributed by atoms with Crippen LogP contribution >= 0.6 is 23.4 Å². The predicted molar refractivity (Wildman–Crippen MR) is 144 cm³/mol. The third-order valence-electron chi connectivity index (χ3n) is 7.33. The number of piperidine rings is 1. The molecular formula is C28H30ClF3N2O3S. The van der Waals surface area contributed by atoms with Gasteiger partial charge >= 0.3 is 5.97 Å². The minimum absolute atomic E-state index is 0.0323. The average molecular weight is 567 g/mol. The standard InChI is InChI=1S/C28H30ClF3N2O3S/c1-37-18-5-6-23-19(15-18)26(20(29)17-33-23)21(30)7-8-28(16-25(35)36)9-11-34(12-10-28)13-14-38-24-4-2-3-22(31)27(24)32/h2-6,15,17,21H,7-14,16H2,1H3,(H,35,36). The van der Waals surface area contributed by atoms with E-state index in [9.17, 15) is 18.7 Å². The van der Waals surface area contributed by atoms with Gasteiger partial charge in [0.2, 0.25) is 0 Å². The molecule has 0 amide bonds. The van der Waals surface area contributed by atoms with Crippen molar-refractivity contribution in [3.05, 3.63) is 64.8 Å². The molecule has 0 spiro atoms. The quantitative estimate of drug-likeness (QED) is 0.245. The van der Waals surface area contributed by atoms with E-state index in [2.05, 4.69) is 9.88 Å². The summed E-state index contributed by atoms with van der Waals surface area (Å²) in [5.41, 5.74) is 0.430. The monoisotopic (exact) mass is 566 g/mol. The normalized spacial score (nSPS) is 16.4. The van der Waals surface area contributed by atoms with Gasteiger partial charge in [-0.3, -0.25) is 9.78 Å². The van der Waals surface area contributed by atoms with Crippen LogP contribution in [0, 0.1) is 17.0 Å². The van der Waals surface area contributed by atoms with Gasteiger partial charge in [0, 0.05) is 34.3 Å². The van der Waals surface area contributed by atoms with Crippen LogP contribution in [0.1, 0.15) is 43.8 Å². The van der Waals surface area contributed by atoms with Crippen LogP contribution < -0.4 is 4.74 Å². The second-order valence-electron chi connectivity index (χ2n) is 9.72. The molecule has 5 nitrogen and oxygen atoms in total. The number of hydrogen-bond acceptors (Lipinski definition) is 5. The Hall–Kier alpha value is -2.49. The first-order valence-electron chi connectivity index (χ1n) is 12.5. The zero-order valence-electron chi connectivity index (χ0n) is 21.1. The minimum atomic E-state index is -1.39. The maximum atomic E-state index is 15.7. The summed E-state index contributed by atoms with van der Waals surface area (Å²) in [4.78, 5) is 18.5. The summed E-state index contributed by atoms with van der Waals surface area (Å²) in [6.07, 6.45) is 1.79. The summed E-state index contributed by atoms with van der Waals surface area (Å²) >= 11 is 7.63. The van der Waals surface area contributed by atoms with E-state index in [-0.39, 0.29) is 22.8 Å². The van der Waals surface area contributed by atoms with Crippen molar-refractivity contribution in [1.29, 1.82) is 0 Å². The molecule has 204 valence electrons. The Morgan fingerprint density at radius 1 is 1.26 bits per heavy atom. The molecule has 0 radical (unpaired) electrons. The fourth-order valence-corrected chi connectivity index (χ4v) is 6.39. The lowest BCUT2D eigenvalue weighted by atomic mass is 9.71. The molecule has 1 atom stereocenters. The molecule has 0 aliphatic carbocycles. The highest BCUT2D eigenvalue weighted by molar-refractivity contribution is 7.99. The lowest BCUT2D eigenvalue weighted by Crippen LogP contribution is -2.42. The number of rotatable bonds is 11. The van der Waals surface area contributed by atoms with E-state index in [0.29, 0.717) is 66.9 Å². The number of methoxy groups -OCH3 is 1. The number of pyridine rings is 1. The van der Waals surface area contributed by atoms with Gasteiger partial charge in [-0.1, -0.05) is 17.7 Å². The fourth-order valence-electron chi connectivity index (χ4n) is 5.16. The predicted octanol–water partition coefficient (Wildman–Crippen LogP) is 7.32. The molecule has 4 rings (SSSR count). The lowest BCUT2D eigenvalue weighted by molar-refractivity contribution is -0.141. The highest BCUT2D eigenvalue weighted by Crippen LogP contribution is 2.44. The maximum absolute atomic E-state index is 15.7. The van der Waals surface area contributed by atoms with Gasteiger partial charge in [0.1, 0.15) is 11.9 Å². The van der Waals surface area contributed by atoms with Gasteiger partial charge in [0.05, 0.1) is 24.1 Å². The van der Waals surface area contributed by atoms with Gasteiger partial charge in [0.25, 0.3) is 0 Å². The van der Waals surface area contributed by atoms with Crippen LogP contribution in [0.5, 0.6) is 5.75 Å². The smallest absolute Gasteiger partial charge is 0.303 e. The molecule has 10 heteroatoms. The largest absolute Gasteiger partial charge is 0.497 e. The molecule has 38 heavy (non-hydrogen) atoms. The van der Waals surface area contributed by atoms with Gasteiger partial charge in [-0.25, -0.2) is 13.2 Å². The zero-order valence-corrected chi connectivity index (χ0v) is 22.6. The van der Waals surface area contributed by atoms with E-state index in [0.717, 1.165) is 6.07 Å². The number of alkyl halides is 1. The number of aliphatic carboxylic acids is 1. The third-order valence-corrected chi connectivity index (χ3v) is 8.65. The van der Waals surface area contributed by atoms with Crippen molar-refractivity contribution in [2.24, 2.45) is 5.41 Å². The number of hydrogen-bond donors (Lipinski definition) is 1. The second kappa shape index (κ2) is 12.6. The van der Waals surface area contributed by atoms with Crippen molar-refractivity contribution in [3.8, 4) is 5.75 Å². The number of nitrogens with zero attached hydrogens (tertiary/aromatic N) is 2. The molecule has 1 unspecified atom stereocenters. The number of fused-ring (bicyclic) bond motifs is 1. The van der Waals surface area contributed by atoms with Crippen molar-refractivity contribution < 1.29 is 27.8 Å². The van der Waals surface area contributed by atoms with Crippen LogP contribution in [-0.2, 0) is 4.79 Å². The molecule has 1 aliphatic rings. The van der Waals surface area contributed by atoms with Crippen LogP contribution in [0.25, 0.3) is 10.9 Å². The Bertz CT molecular complexity index is 1290. The van der Waals surface area contributed by atoms with E-state index >= 15 is 4.39 Å². The van der Waals surface area contributed by atoms with E-state index in [1.165, 1.54) is 31.1 Å². The molecule has 3 aromatic rings. The number of halogens is 4. The fraction of sp³-hybridized carbons (Fsp3) is 0.429. The van der Waals surface area contributed by atoms with E-state index in [4.69, 9.17) is 16.3 Å². The lowest BCUT2D eigenvalue weighted by Gasteiger charge is -2.41. The third kappa shape index (κ3) is 6.74. The Balaban J connectivity index is 1.39. The van der Waals surface area contributed by atoms with Crippen molar-refractivity contribution >= 4 is 40.2 Å². The molecule has 0 bridgehead atoms. The number of benzene rings is 2. The Labute approximate surface area is 229 Å². The number of carboxylic acid groups (broad SMARTS) is 1. The highest BCUT2D eigenvalue weighted by Gasteiger charge is 2.37. The highest BCUT2D eigenvalue weighted by atomic mass is 35.5. The Morgan fingerprint density at radius 3 is 2.74 bits per heavy atom. The molecule has 1 fully saturated rings. The number of likely N-dealkylation sites (tertiary alicyclic amines) is 1. The van der Waals surface area contributed by atoms with Crippen LogP contribution in [0.15, 0.2) is 47.5 Å². The number of aromatic nitrogens is 1. The van der Waals surface area contributed by atoms with E-state index in [1.807, 2.05) is 0 Å². The minimum Gasteiger partial charge on any atom is -0.497 e. The number of carboxylic acids is 1. The zero-order chi connectivity index (χ0) is 27.3. The maximum Gasteiger partial charge on any atom is 0.303 e. The molecule has 1 aliphatic heterocycles. The average Bonchev–Trinajstić information content (AvgIpc) is 2.90. The molecule has 1 saturated heterocycles. The van der Waals surface area contributed by atoms with Crippen LogP contribution in [0.4, 0.5) is 13.2 Å².